The van der Waals surface area contributed by atoms with E-state index in [1.807, 2.05) is 25.3 Å². The van der Waals surface area contributed by atoms with Crippen molar-refractivity contribution < 1.29 is 0 Å². The Bertz CT molecular complexity index is 1290. The van der Waals surface area contributed by atoms with Crippen LogP contribution in [0.4, 0.5) is 5.69 Å². The molecular weight excluding hydrogens is 356 g/mol. The van der Waals surface area contributed by atoms with E-state index in [9.17, 15) is 4.79 Å². The van der Waals surface area contributed by atoms with Gasteiger partial charge in [0.15, 0.2) is 0 Å². The highest BCUT2D eigenvalue weighted by atomic mass is 16.1. The highest BCUT2D eigenvalue weighted by molar-refractivity contribution is 5.62. The minimum absolute atomic E-state index is 0.114. The third-order valence-corrected chi connectivity index (χ3v) is 5.66. The number of fused-ring (bicyclic) bond motifs is 2. The van der Waals surface area contributed by atoms with Gasteiger partial charge >= 0.3 is 0 Å². The number of nitrogens with zero attached hydrogens (tertiary/aromatic N) is 7. The third-order valence-electron chi connectivity index (χ3n) is 5.66. The molecule has 1 N–H and O–H groups in total. The second-order valence-electron chi connectivity index (χ2n) is 7.80. The summed E-state index contributed by atoms with van der Waals surface area (Å²) in [6.45, 7) is 6.06. The maximum Gasteiger partial charge on any atom is 0.258 e. The second kappa shape index (κ2) is 5.35. The number of rotatable bonds is 2. The summed E-state index contributed by atoms with van der Waals surface area (Å²) in [6.07, 6.45) is 5.35. The number of nitrogens with one attached hydrogen (secondary N) is 1. The van der Waals surface area contributed by atoms with Crippen molar-refractivity contribution in [2.75, 3.05) is 31.1 Å². The van der Waals surface area contributed by atoms with Gasteiger partial charge in [-0.1, -0.05) is 0 Å². The Morgan fingerprint density at radius 3 is 2.79 bits per heavy atom. The Labute approximate surface area is 159 Å². The van der Waals surface area contributed by atoms with Gasteiger partial charge in [0.25, 0.3) is 11.3 Å². The van der Waals surface area contributed by atoms with Crippen molar-refractivity contribution >= 4 is 17.1 Å². The van der Waals surface area contributed by atoms with Crippen molar-refractivity contribution in [3.63, 3.8) is 0 Å². The Morgan fingerprint density at radius 1 is 1.14 bits per heavy atom. The van der Waals surface area contributed by atoms with Crippen molar-refractivity contribution in [1.29, 1.82) is 0 Å². The minimum Gasteiger partial charge on any atom is -0.369 e. The van der Waals surface area contributed by atoms with Crippen molar-refractivity contribution in [1.82, 2.24) is 34.3 Å². The van der Waals surface area contributed by atoms with E-state index in [4.69, 9.17) is 0 Å². The van der Waals surface area contributed by atoms with Crippen LogP contribution >= 0.6 is 0 Å². The molecule has 0 bridgehead atoms. The van der Waals surface area contributed by atoms with Gasteiger partial charge in [-0.15, -0.1) is 0 Å². The number of hydrogen-bond acceptors (Lipinski definition) is 7. The van der Waals surface area contributed by atoms with Crippen LogP contribution in [0.1, 0.15) is 5.82 Å². The van der Waals surface area contributed by atoms with Crippen LogP contribution in [0.2, 0.25) is 0 Å². The summed E-state index contributed by atoms with van der Waals surface area (Å²) in [5.41, 5.74) is 3.29. The molecule has 0 aromatic carbocycles. The van der Waals surface area contributed by atoms with Gasteiger partial charge in [-0.25, -0.2) is 14.5 Å². The molecule has 6 heterocycles. The molecule has 140 valence electrons. The molecule has 0 saturated carbocycles. The molecule has 0 aliphatic carbocycles. The topological polar surface area (TPSA) is 92.7 Å². The number of aromatic nitrogens is 6. The van der Waals surface area contributed by atoms with Crippen LogP contribution in [0.25, 0.3) is 22.7 Å². The molecule has 4 aromatic rings. The molecule has 2 fully saturated rings. The predicted octanol–water partition coefficient (Wildman–Crippen LogP) is 0.517. The van der Waals surface area contributed by atoms with Gasteiger partial charge in [-0.05, 0) is 19.1 Å². The molecule has 0 radical (unpaired) electrons. The molecule has 28 heavy (non-hydrogen) atoms. The molecule has 9 heteroatoms. The smallest absolute Gasteiger partial charge is 0.258 e. The van der Waals surface area contributed by atoms with E-state index in [1.54, 1.807) is 21.3 Å². The standard InChI is InChI=1S/C19H18N8O/c1-12-22-18-21-5-13(6-27(18)24-12)15-4-17(28)26-7-14(2-3-16(26)23-15)25-10-19(11-25)8-20-9-19/h2-7,20H,8-11H2,1H3. The van der Waals surface area contributed by atoms with Gasteiger partial charge in [0.1, 0.15) is 11.5 Å². The summed E-state index contributed by atoms with van der Waals surface area (Å²) in [7, 11) is 0. The van der Waals surface area contributed by atoms with E-state index in [0.717, 1.165) is 37.4 Å². The summed E-state index contributed by atoms with van der Waals surface area (Å²) in [5.74, 6) is 1.17. The quantitative estimate of drug-likeness (QED) is 0.547. The van der Waals surface area contributed by atoms with Gasteiger partial charge in [0, 0.05) is 61.8 Å². The molecular formula is C19H18N8O. The Kier molecular flexibility index (Phi) is 3.00. The fraction of sp³-hybridized carbons (Fsp3) is 0.316. The first-order chi connectivity index (χ1) is 13.6. The lowest BCUT2D eigenvalue weighted by atomic mass is 9.74. The van der Waals surface area contributed by atoms with Crippen LogP contribution in [0.5, 0.6) is 0 Å². The number of pyridine rings is 1. The van der Waals surface area contributed by atoms with E-state index in [2.05, 4.69) is 30.3 Å². The van der Waals surface area contributed by atoms with Crippen LogP contribution in [-0.4, -0.2) is 55.1 Å². The first-order valence-electron chi connectivity index (χ1n) is 9.27. The summed E-state index contributed by atoms with van der Waals surface area (Å²) in [6, 6.07) is 5.47. The zero-order valence-corrected chi connectivity index (χ0v) is 15.3. The lowest BCUT2D eigenvalue weighted by Crippen LogP contribution is -2.71. The molecule has 6 rings (SSSR count). The van der Waals surface area contributed by atoms with Gasteiger partial charge in [-0.3, -0.25) is 9.20 Å². The number of hydrogen-bond donors (Lipinski definition) is 1. The zero-order chi connectivity index (χ0) is 18.9. The molecule has 0 atom stereocenters. The molecule has 2 aliphatic rings. The molecule has 0 amide bonds. The Morgan fingerprint density at radius 2 is 2.00 bits per heavy atom. The lowest BCUT2D eigenvalue weighted by molar-refractivity contribution is 0.121. The van der Waals surface area contributed by atoms with Crippen molar-refractivity contribution in [2.45, 2.75) is 6.92 Å². The number of anilines is 1. The summed E-state index contributed by atoms with van der Waals surface area (Å²) >= 11 is 0. The van der Waals surface area contributed by atoms with Crippen molar-refractivity contribution in [2.24, 2.45) is 5.41 Å². The highest BCUT2D eigenvalue weighted by Gasteiger charge is 2.47. The van der Waals surface area contributed by atoms with Crippen LogP contribution in [0, 0.1) is 12.3 Å². The van der Waals surface area contributed by atoms with E-state index in [1.165, 1.54) is 6.07 Å². The van der Waals surface area contributed by atoms with Crippen LogP contribution in [0.3, 0.4) is 0 Å². The monoisotopic (exact) mass is 374 g/mol. The van der Waals surface area contributed by atoms with Crippen LogP contribution in [-0.2, 0) is 0 Å². The predicted molar refractivity (Wildman–Crippen MR) is 103 cm³/mol. The first kappa shape index (κ1) is 15.7. The van der Waals surface area contributed by atoms with Crippen LogP contribution in [0.15, 0.2) is 41.6 Å². The maximum atomic E-state index is 12.8. The summed E-state index contributed by atoms with van der Waals surface area (Å²) < 4.78 is 3.21. The Hall–Kier alpha value is -3.33. The van der Waals surface area contributed by atoms with Crippen LogP contribution < -0.4 is 15.8 Å². The van der Waals surface area contributed by atoms with Crippen molar-refractivity contribution in [3.05, 3.63) is 53.0 Å². The average Bonchev–Trinajstić information content (AvgIpc) is 2.98. The second-order valence-corrected chi connectivity index (χ2v) is 7.80. The Balaban J connectivity index is 1.38. The minimum atomic E-state index is -0.114. The number of aryl methyl sites for hydroxylation is 1. The van der Waals surface area contributed by atoms with Gasteiger partial charge in [0.05, 0.1) is 11.4 Å². The largest absolute Gasteiger partial charge is 0.369 e. The molecule has 9 nitrogen and oxygen atoms in total. The maximum absolute atomic E-state index is 12.8. The third kappa shape index (κ3) is 2.26. The van der Waals surface area contributed by atoms with Gasteiger partial charge in [0.2, 0.25) is 0 Å². The van der Waals surface area contributed by atoms with E-state index in [0.29, 0.717) is 28.4 Å². The van der Waals surface area contributed by atoms with Gasteiger partial charge < -0.3 is 10.2 Å². The fourth-order valence-electron chi connectivity index (χ4n) is 4.09. The molecule has 0 unspecified atom stereocenters. The highest BCUT2D eigenvalue weighted by Crippen LogP contribution is 2.37. The SMILES string of the molecule is Cc1nc2ncc(-c3cc(=O)n4cc(N5CC6(CNC6)C5)ccc4n3)cn2n1. The fourth-order valence-corrected chi connectivity index (χ4v) is 4.09. The molecule has 2 saturated heterocycles. The van der Waals surface area contributed by atoms with E-state index >= 15 is 0 Å². The van der Waals surface area contributed by atoms with Gasteiger partial charge in [-0.2, -0.15) is 10.1 Å². The first-order valence-corrected chi connectivity index (χ1v) is 9.27. The van der Waals surface area contributed by atoms with Crippen molar-refractivity contribution in [3.8, 4) is 11.3 Å². The molecule has 4 aromatic heterocycles. The summed E-state index contributed by atoms with van der Waals surface area (Å²) in [5, 5.41) is 7.62. The average molecular weight is 374 g/mol. The normalized spacial score (nSPS) is 17.8. The molecule has 1 spiro atoms. The zero-order valence-electron chi connectivity index (χ0n) is 15.3. The van der Waals surface area contributed by atoms with E-state index < -0.39 is 0 Å². The molecule has 2 aliphatic heterocycles. The lowest BCUT2D eigenvalue weighted by Gasteiger charge is -2.57. The summed E-state index contributed by atoms with van der Waals surface area (Å²) in [4.78, 5) is 28.2. The van der Waals surface area contributed by atoms with E-state index in [-0.39, 0.29) is 5.56 Å².